The Kier molecular flexibility index (Phi) is 3.09. The second-order valence-corrected chi connectivity index (χ2v) is 7.35. The van der Waals surface area contributed by atoms with Gasteiger partial charge in [-0.15, -0.1) is 0 Å². The topological polar surface area (TPSA) is 81.5 Å². The van der Waals surface area contributed by atoms with E-state index in [0.717, 1.165) is 36.3 Å². The normalized spacial score (nSPS) is 26.5. The second kappa shape index (κ2) is 5.30. The number of pyridine rings is 1. The van der Waals surface area contributed by atoms with Crippen LogP contribution in [0, 0.1) is 23.2 Å². The predicted octanol–water partition coefficient (Wildman–Crippen LogP) is 2.58. The molecular weight excluding hydrogens is 300 g/mol. The summed E-state index contributed by atoms with van der Waals surface area (Å²) in [6.07, 6.45) is 6.77. The van der Waals surface area contributed by atoms with E-state index < -0.39 is 0 Å². The number of nitrogens with zero attached hydrogens (tertiary/aromatic N) is 5. The number of nitriles is 1. The molecular formula is C18H20N6. The van der Waals surface area contributed by atoms with Crippen molar-refractivity contribution in [3.63, 3.8) is 0 Å². The molecule has 6 nitrogen and oxygen atoms in total. The highest BCUT2D eigenvalue weighted by Gasteiger charge is 2.45. The molecule has 122 valence electrons. The predicted molar refractivity (Wildman–Crippen MR) is 88.5 cm³/mol. The van der Waals surface area contributed by atoms with Crippen molar-refractivity contribution in [2.75, 3.05) is 18.0 Å². The Balaban J connectivity index is 1.45. The van der Waals surface area contributed by atoms with Gasteiger partial charge in [-0.1, -0.05) is 0 Å². The van der Waals surface area contributed by atoms with Gasteiger partial charge in [0.1, 0.15) is 11.9 Å². The highest BCUT2D eigenvalue weighted by molar-refractivity contribution is 5.57. The van der Waals surface area contributed by atoms with Crippen LogP contribution in [0.1, 0.15) is 54.9 Å². The molecule has 0 spiro atoms. The average Bonchev–Trinajstić information content (AvgIpc) is 3.55. The SMILES string of the molecule is N#Cc1ncccc1N1C[C@H](c2nc(C3CC3)n[nH]2)[C@@H](C2CC2)C1. The summed E-state index contributed by atoms with van der Waals surface area (Å²) in [6.45, 7) is 1.87. The summed E-state index contributed by atoms with van der Waals surface area (Å²) in [5.74, 6) is 4.38. The first-order chi connectivity index (χ1) is 11.8. The first-order valence-electron chi connectivity index (χ1n) is 8.85. The largest absolute Gasteiger partial charge is 0.368 e. The lowest BCUT2D eigenvalue weighted by Gasteiger charge is -2.19. The van der Waals surface area contributed by atoms with Gasteiger partial charge in [0.25, 0.3) is 0 Å². The van der Waals surface area contributed by atoms with Gasteiger partial charge in [-0.05, 0) is 49.7 Å². The van der Waals surface area contributed by atoms with Crippen LogP contribution in [-0.2, 0) is 0 Å². The van der Waals surface area contributed by atoms with E-state index in [1.807, 2.05) is 12.1 Å². The minimum absolute atomic E-state index is 0.379. The van der Waals surface area contributed by atoms with Crippen LogP contribution in [-0.4, -0.2) is 33.3 Å². The molecule has 0 bridgehead atoms. The fourth-order valence-electron chi connectivity index (χ4n) is 4.03. The van der Waals surface area contributed by atoms with E-state index >= 15 is 0 Å². The summed E-state index contributed by atoms with van der Waals surface area (Å²) in [7, 11) is 0. The van der Waals surface area contributed by atoms with Crippen LogP contribution >= 0.6 is 0 Å². The molecule has 2 atom stereocenters. The lowest BCUT2D eigenvalue weighted by molar-refractivity contribution is 0.445. The zero-order valence-corrected chi connectivity index (χ0v) is 13.5. The number of aromatic nitrogens is 4. The van der Waals surface area contributed by atoms with Crippen LogP contribution in [0.5, 0.6) is 0 Å². The molecule has 0 amide bonds. The van der Waals surface area contributed by atoms with E-state index in [1.165, 1.54) is 25.7 Å². The Morgan fingerprint density at radius 2 is 2.08 bits per heavy atom. The van der Waals surface area contributed by atoms with Crippen LogP contribution in [0.25, 0.3) is 0 Å². The van der Waals surface area contributed by atoms with Crippen molar-refractivity contribution in [3.8, 4) is 6.07 Å². The van der Waals surface area contributed by atoms with E-state index in [1.54, 1.807) is 6.20 Å². The van der Waals surface area contributed by atoms with Gasteiger partial charge in [0.15, 0.2) is 11.5 Å². The van der Waals surface area contributed by atoms with E-state index in [9.17, 15) is 5.26 Å². The summed E-state index contributed by atoms with van der Waals surface area (Å²) >= 11 is 0. The van der Waals surface area contributed by atoms with Gasteiger partial charge < -0.3 is 4.90 Å². The molecule has 2 aromatic heterocycles. The molecule has 0 unspecified atom stereocenters. The summed E-state index contributed by atoms with van der Waals surface area (Å²) in [6, 6.07) is 6.15. The zero-order valence-electron chi connectivity index (χ0n) is 13.5. The Hall–Kier alpha value is -2.42. The van der Waals surface area contributed by atoms with Crippen molar-refractivity contribution in [1.82, 2.24) is 20.2 Å². The molecule has 3 aliphatic rings. The van der Waals surface area contributed by atoms with Crippen molar-refractivity contribution < 1.29 is 0 Å². The second-order valence-electron chi connectivity index (χ2n) is 7.35. The summed E-state index contributed by atoms with van der Waals surface area (Å²) < 4.78 is 0. The van der Waals surface area contributed by atoms with Gasteiger partial charge in [-0.25, -0.2) is 9.97 Å². The number of rotatable bonds is 4. The van der Waals surface area contributed by atoms with E-state index in [-0.39, 0.29) is 0 Å². The third-order valence-corrected chi connectivity index (χ3v) is 5.64. The van der Waals surface area contributed by atoms with Crippen molar-refractivity contribution in [2.45, 2.75) is 37.5 Å². The van der Waals surface area contributed by atoms with Crippen molar-refractivity contribution in [1.29, 1.82) is 5.26 Å². The fourth-order valence-corrected chi connectivity index (χ4v) is 4.03. The fraction of sp³-hybridized carbons (Fsp3) is 0.556. The minimum atomic E-state index is 0.379. The Morgan fingerprint density at radius 1 is 1.21 bits per heavy atom. The van der Waals surface area contributed by atoms with Gasteiger partial charge in [0.2, 0.25) is 0 Å². The molecule has 3 heterocycles. The average molecular weight is 320 g/mol. The van der Waals surface area contributed by atoms with E-state index in [0.29, 0.717) is 23.4 Å². The molecule has 5 rings (SSSR count). The van der Waals surface area contributed by atoms with E-state index in [2.05, 4.69) is 26.2 Å². The lowest BCUT2D eigenvalue weighted by Crippen LogP contribution is -2.21. The maximum absolute atomic E-state index is 9.35. The minimum Gasteiger partial charge on any atom is -0.368 e. The third-order valence-electron chi connectivity index (χ3n) is 5.64. The van der Waals surface area contributed by atoms with Crippen LogP contribution in [0.2, 0.25) is 0 Å². The monoisotopic (exact) mass is 320 g/mol. The molecule has 1 saturated heterocycles. The molecule has 1 N–H and O–H groups in total. The first kappa shape index (κ1) is 14.0. The van der Waals surface area contributed by atoms with Gasteiger partial charge in [0, 0.05) is 31.1 Å². The highest BCUT2D eigenvalue weighted by Crippen LogP contribution is 2.48. The van der Waals surface area contributed by atoms with Crippen LogP contribution in [0.3, 0.4) is 0 Å². The number of hydrogen-bond acceptors (Lipinski definition) is 5. The Bertz CT molecular complexity index is 798. The van der Waals surface area contributed by atoms with Gasteiger partial charge in [-0.3, -0.25) is 5.10 Å². The van der Waals surface area contributed by atoms with Gasteiger partial charge in [0.05, 0.1) is 5.69 Å². The van der Waals surface area contributed by atoms with Gasteiger partial charge >= 0.3 is 0 Å². The smallest absolute Gasteiger partial charge is 0.163 e. The molecule has 3 fully saturated rings. The van der Waals surface area contributed by atoms with Crippen molar-refractivity contribution in [2.24, 2.45) is 11.8 Å². The highest BCUT2D eigenvalue weighted by atomic mass is 15.2. The number of hydrogen-bond donors (Lipinski definition) is 1. The standard InChI is InChI=1S/C18H20N6/c19-8-15-16(2-1-7-20-15)24-9-13(11-3-4-11)14(10-24)18-21-17(22-23-18)12-5-6-12/h1-2,7,11-14H,3-6,9-10H2,(H,21,22,23)/t13-,14+/m1/s1. The quantitative estimate of drug-likeness (QED) is 0.936. The third kappa shape index (κ3) is 2.35. The lowest BCUT2D eigenvalue weighted by atomic mass is 9.91. The van der Waals surface area contributed by atoms with Crippen molar-refractivity contribution >= 4 is 5.69 Å². The maximum Gasteiger partial charge on any atom is 0.163 e. The van der Waals surface area contributed by atoms with Crippen molar-refractivity contribution in [3.05, 3.63) is 35.7 Å². The molecule has 0 radical (unpaired) electrons. The molecule has 2 aromatic rings. The summed E-state index contributed by atoms with van der Waals surface area (Å²) in [5, 5.41) is 17.0. The molecule has 1 aliphatic heterocycles. The van der Waals surface area contributed by atoms with Crippen LogP contribution in [0.4, 0.5) is 5.69 Å². The molecule has 0 aromatic carbocycles. The molecule has 2 saturated carbocycles. The molecule has 24 heavy (non-hydrogen) atoms. The first-order valence-corrected chi connectivity index (χ1v) is 8.85. The summed E-state index contributed by atoms with van der Waals surface area (Å²) in [4.78, 5) is 11.4. The molecule has 2 aliphatic carbocycles. The number of anilines is 1. The molecule has 6 heteroatoms. The Labute approximate surface area is 140 Å². The number of nitrogens with one attached hydrogen (secondary N) is 1. The van der Waals surface area contributed by atoms with Crippen LogP contribution < -0.4 is 4.90 Å². The number of aromatic amines is 1. The Morgan fingerprint density at radius 3 is 2.83 bits per heavy atom. The van der Waals surface area contributed by atoms with Gasteiger partial charge in [-0.2, -0.15) is 10.4 Å². The van der Waals surface area contributed by atoms with E-state index in [4.69, 9.17) is 4.98 Å². The zero-order chi connectivity index (χ0) is 16.1. The van der Waals surface area contributed by atoms with Crippen LogP contribution in [0.15, 0.2) is 18.3 Å². The number of H-pyrrole nitrogens is 1. The summed E-state index contributed by atoms with van der Waals surface area (Å²) in [5.41, 5.74) is 1.47. The maximum atomic E-state index is 9.35.